The van der Waals surface area contributed by atoms with E-state index in [0.29, 0.717) is 29.2 Å². The zero-order valence-corrected chi connectivity index (χ0v) is 14.3. The SMILES string of the molecule is COc1cc2c(cc1OC)C(=O)/C(=C/c1cc(C)c(O)c(C)c1)C2. The van der Waals surface area contributed by atoms with Crippen LogP contribution in [0.15, 0.2) is 29.8 Å². The highest BCUT2D eigenvalue weighted by atomic mass is 16.5. The largest absolute Gasteiger partial charge is 0.507 e. The third-order valence-electron chi connectivity index (χ3n) is 4.38. The summed E-state index contributed by atoms with van der Waals surface area (Å²) in [6.45, 7) is 3.70. The lowest BCUT2D eigenvalue weighted by Crippen LogP contribution is -1.97. The van der Waals surface area contributed by atoms with Crippen LogP contribution in [-0.4, -0.2) is 25.1 Å². The van der Waals surface area contributed by atoms with Crippen LogP contribution in [0.25, 0.3) is 6.08 Å². The predicted molar refractivity (Wildman–Crippen MR) is 93.1 cm³/mol. The normalized spacial score (nSPS) is 14.8. The molecule has 0 saturated heterocycles. The lowest BCUT2D eigenvalue weighted by Gasteiger charge is -2.08. The molecule has 0 atom stereocenters. The Morgan fingerprint density at radius 3 is 2.17 bits per heavy atom. The fraction of sp³-hybridized carbons (Fsp3) is 0.250. The van der Waals surface area contributed by atoms with Gasteiger partial charge in [0.15, 0.2) is 17.3 Å². The van der Waals surface area contributed by atoms with Crippen molar-refractivity contribution in [2.24, 2.45) is 0 Å². The Morgan fingerprint density at radius 1 is 1.00 bits per heavy atom. The number of phenols is 1. The molecule has 24 heavy (non-hydrogen) atoms. The predicted octanol–water partition coefficient (Wildman–Crippen LogP) is 3.85. The van der Waals surface area contributed by atoms with Gasteiger partial charge in [-0.05, 0) is 66.4 Å². The Kier molecular flexibility index (Phi) is 4.06. The lowest BCUT2D eigenvalue weighted by molar-refractivity contribution is 0.104. The molecule has 1 aliphatic rings. The van der Waals surface area contributed by atoms with E-state index in [1.807, 2.05) is 38.1 Å². The summed E-state index contributed by atoms with van der Waals surface area (Å²) in [7, 11) is 3.14. The molecule has 2 aromatic carbocycles. The zero-order valence-electron chi connectivity index (χ0n) is 14.3. The van der Waals surface area contributed by atoms with Crippen LogP contribution in [0.4, 0.5) is 0 Å². The Morgan fingerprint density at radius 2 is 1.58 bits per heavy atom. The number of benzene rings is 2. The van der Waals surface area contributed by atoms with Crippen molar-refractivity contribution >= 4 is 11.9 Å². The zero-order chi connectivity index (χ0) is 17.4. The molecule has 0 amide bonds. The van der Waals surface area contributed by atoms with E-state index in [-0.39, 0.29) is 5.78 Å². The number of methoxy groups -OCH3 is 2. The molecule has 1 N–H and O–H groups in total. The van der Waals surface area contributed by atoms with Gasteiger partial charge in [0.25, 0.3) is 0 Å². The summed E-state index contributed by atoms with van der Waals surface area (Å²) in [5.41, 5.74) is 4.84. The lowest BCUT2D eigenvalue weighted by atomic mass is 10.0. The van der Waals surface area contributed by atoms with Gasteiger partial charge in [0.2, 0.25) is 0 Å². The van der Waals surface area contributed by atoms with Crippen LogP contribution < -0.4 is 9.47 Å². The standard InChI is InChI=1S/C20H20O4/c1-11-5-13(6-12(2)19(11)21)7-15-8-14-9-17(23-3)18(24-4)10-16(14)20(15)22/h5-7,9-10,21H,8H2,1-4H3/b15-7+. The summed E-state index contributed by atoms with van der Waals surface area (Å²) in [4.78, 5) is 12.7. The fourth-order valence-electron chi connectivity index (χ4n) is 3.13. The summed E-state index contributed by atoms with van der Waals surface area (Å²) < 4.78 is 10.6. The van der Waals surface area contributed by atoms with Crippen LogP contribution in [-0.2, 0) is 6.42 Å². The number of aromatic hydroxyl groups is 1. The average molecular weight is 324 g/mol. The number of hydrogen-bond acceptors (Lipinski definition) is 4. The Balaban J connectivity index is 2.02. The average Bonchev–Trinajstić information content (AvgIpc) is 2.86. The van der Waals surface area contributed by atoms with E-state index in [1.165, 1.54) is 0 Å². The first-order chi connectivity index (χ1) is 11.4. The Labute approximate surface area is 141 Å². The highest BCUT2D eigenvalue weighted by molar-refractivity contribution is 6.16. The number of rotatable bonds is 3. The maximum absolute atomic E-state index is 12.7. The number of phenolic OH excluding ortho intramolecular Hbond substituents is 1. The molecule has 0 fully saturated rings. The number of ether oxygens (including phenoxy) is 2. The maximum Gasteiger partial charge on any atom is 0.189 e. The van der Waals surface area contributed by atoms with E-state index < -0.39 is 0 Å². The van der Waals surface area contributed by atoms with Crippen LogP contribution in [0.5, 0.6) is 17.2 Å². The number of hydrogen-bond donors (Lipinski definition) is 1. The van der Waals surface area contributed by atoms with Crippen molar-refractivity contribution in [3.8, 4) is 17.2 Å². The first-order valence-corrected chi connectivity index (χ1v) is 7.75. The third-order valence-corrected chi connectivity index (χ3v) is 4.38. The van der Waals surface area contributed by atoms with Crippen LogP contribution in [0.1, 0.15) is 32.6 Å². The van der Waals surface area contributed by atoms with E-state index in [4.69, 9.17) is 9.47 Å². The monoisotopic (exact) mass is 324 g/mol. The quantitative estimate of drug-likeness (QED) is 0.871. The molecule has 3 rings (SSSR count). The van der Waals surface area contributed by atoms with Crippen LogP contribution >= 0.6 is 0 Å². The van der Waals surface area contributed by atoms with E-state index in [1.54, 1.807) is 20.3 Å². The minimum absolute atomic E-state index is 0.00864. The molecule has 0 saturated carbocycles. The molecule has 4 heteroatoms. The summed E-state index contributed by atoms with van der Waals surface area (Å²) in [6.07, 6.45) is 2.45. The summed E-state index contributed by atoms with van der Waals surface area (Å²) in [5, 5.41) is 9.89. The number of ketones is 1. The van der Waals surface area contributed by atoms with Gasteiger partial charge in [-0.3, -0.25) is 4.79 Å². The Hall–Kier alpha value is -2.75. The van der Waals surface area contributed by atoms with Gasteiger partial charge < -0.3 is 14.6 Å². The number of allylic oxidation sites excluding steroid dienone is 1. The second kappa shape index (κ2) is 6.04. The molecular formula is C20H20O4. The van der Waals surface area contributed by atoms with Gasteiger partial charge in [0.05, 0.1) is 14.2 Å². The van der Waals surface area contributed by atoms with Crippen LogP contribution in [0.2, 0.25) is 0 Å². The first-order valence-electron chi connectivity index (χ1n) is 7.75. The first kappa shape index (κ1) is 16.1. The Bertz CT molecular complexity index is 839. The van der Waals surface area contributed by atoms with Crippen molar-refractivity contribution in [3.63, 3.8) is 0 Å². The summed E-state index contributed by atoms with van der Waals surface area (Å²) in [6, 6.07) is 7.37. The molecule has 0 radical (unpaired) electrons. The van der Waals surface area contributed by atoms with E-state index in [2.05, 4.69) is 0 Å². The molecule has 1 aliphatic carbocycles. The van der Waals surface area contributed by atoms with Crippen LogP contribution in [0.3, 0.4) is 0 Å². The van der Waals surface area contributed by atoms with Crippen molar-refractivity contribution in [1.29, 1.82) is 0 Å². The number of carbonyl (C=O) groups excluding carboxylic acids is 1. The topological polar surface area (TPSA) is 55.8 Å². The number of Topliss-reactive ketones (excluding diaryl/α,β-unsaturated/α-hetero) is 1. The minimum Gasteiger partial charge on any atom is -0.507 e. The number of fused-ring (bicyclic) bond motifs is 1. The minimum atomic E-state index is 0.00864. The van der Waals surface area contributed by atoms with Crippen LogP contribution in [0, 0.1) is 13.8 Å². The molecule has 0 aromatic heterocycles. The van der Waals surface area contributed by atoms with E-state index >= 15 is 0 Å². The molecule has 2 aromatic rings. The van der Waals surface area contributed by atoms with Crippen molar-refractivity contribution in [2.45, 2.75) is 20.3 Å². The van der Waals surface area contributed by atoms with Gasteiger partial charge in [0.1, 0.15) is 5.75 Å². The summed E-state index contributed by atoms with van der Waals surface area (Å²) in [5.74, 6) is 1.49. The van der Waals surface area contributed by atoms with Gasteiger partial charge in [0, 0.05) is 17.6 Å². The van der Waals surface area contributed by atoms with Crippen molar-refractivity contribution < 1.29 is 19.4 Å². The number of carbonyl (C=O) groups is 1. The number of aryl methyl sites for hydroxylation is 2. The van der Waals surface area contributed by atoms with Gasteiger partial charge >= 0.3 is 0 Å². The van der Waals surface area contributed by atoms with Crippen molar-refractivity contribution in [2.75, 3.05) is 14.2 Å². The second-order valence-electron chi connectivity index (χ2n) is 6.04. The molecule has 0 unspecified atom stereocenters. The fourth-order valence-corrected chi connectivity index (χ4v) is 3.13. The molecule has 0 spiro atoms. The highest BCUT2D eigenvalue weighted by Gasteiger charge is 2.27. The molecule has 124 valence electrons. The van der Waals surface area contributed by atoms with E-state index in [0.717, 1.165) is 27.8 Å². The maximum atomic E-state index is 12.7. The van der Waals surface area contributed by atoms with Gasteiger partial charge in [-0.25, -0.2) is 0 Å². The second-order valence-corrected chi connectivity index (χ2v) is 6.04. The molecular weight excluding hydrogens is 304 g/mol. The van der Waals surface area contributed by atoms with Crippen molar-refractivity contribution in [1.82, 2.24) is 0 Å². The van der Waals surface area contributed by atoms with Gasteiger partial charge in [-0.15, -0.1) is 0 Å². The third kappa shape index (κ3) is 2.64. The van der Waals surface area contributed by atoms with Gasteiger partial charge in [-0.1, -0.05) is 0 Å². The molecule has 0 heterocycles. The smallest absolute Gasteiger partial charge is 0.189 e. The van der Waals surface area contributed by atoms with E-state index in [9.17, 15) is 9.90 Å². The van der Waals surface area contributed by atoms with Gasteiger partial charge in [-0.2, -0.15) is 0 Å². The molecule has 0 aliphatic heterocycles. The molecule has 0 bridgehead atoms. The van der Waals surface area contributed by atoms with Crippen molar-refractivity contribution in [3.05, 3.63) is 57.7 Å². The highest BCUT2D eigenvalue weighted by Crippen LogP contribution is 2.37. The summed E-state index contributed by atoms with van der Waals surface area (Å²) >= 11 is 0. The molecule has 4 nitrogen and oxygen atoms in total.